The molecule has 24 heavy (non-hydrogen) atoms. The van der Waals surface area contributed by atoms with Gasteiger partial charge in [0.25, 0.3) is 0 Å². The maximum atomic E-state index is 11.1. The van der Waals surface area contributed by atoms with Gasteiger partial charge in [-0.05, 0) is 11.1 Å². The zero-order valence-corrected chi connectivity index (χ0v) is 19.4. The highest BCUT2D eigenvalue weighted by atomic mass is 79.9. The van der Waals surface area contributed by atoms with Crippen LogP contribution in [0.3, 0.4) is 0 Å². The summed E-state index contributed by atoms with van der Waals surface area (Å²) in [4.78, 5) is 0. The van der Waals surface area contributed by atoms with Crippen molar-refractivity contribution in [3.63, 3.8) is 0 Å². The van der Waals surface area contributed by atoms with E-state index in [2.05, 4.69) is 63.7 Å². The lowest BCUT2D eigenvalue weighted by Crippen LogP contribution is -2.61. The third-order valence-electron chi connectivity index (χ3n) is 4.10. The first-order valence-electron chi connectivity index (χ1n) is 7.38. The predicted octanol–water partition coefficient (Wildman–Crippen LogP) is 3.15. The van der Waals surface area contributed by atoms with Crippen molar-refractivity contribution in [2.45, 2.75) is 30.1 Å². The maximum absolute atomic E-state index is 11.1. The van der Waals surface area contributed by atoms with Gasteiger partial charge in [0.05, 0.1) is 12.7 Å². The maximum Gasteiger partial charge on any atom is 0.114 e. The minimum Gasteiger partial charge on any atom is -0.394 e. The first-order chi connectivity index (χ1) is 11.4. The van der Waals surface area contributed by atoms with Gasteiger partial charge in [-0.3, -0.25) is 0 Å². The number of hydrogen-bond acceptors (Lipinski definition) is 4. The van der Waals surface area contributed by atoms with Gasteiger partial charge in [-0.15, -0.1) is 0 Å². The Morgan fingerprint density at radius 1 is 1.00 bits per heavy atom. The summed E-state index contributed by atoms with van der Waals surface area (Å²) in [6, 6.07) is 7.68. The number of aliphatic hydroxyl groups is 3. The molecule has 138 valence electrons. The average Bonchev–Trinajstić information content (AvgIpc) is 2.61. The lowest BCUT2D eigenvalue weighted by molar-refractivity contribution is -0.133. The molecule has 1 aromatic rings. The Morgan fingerprint density at radius 2 is 1.58 bits per heavy atom. The van der Waals surface area contributed by atoms with Crippen molar-refractivity contribution < 1.29 is 20.1 Å². The Kier molecular flexibility index (Phi) is 10.5. The van der Waals surface area contributed by atoms with Gasteiger partial charge in [-0.25, -0.2) is 0 Å². The van der Waals surface area contributed by atoms with Crippen molar-refractivity contribution in [3.8, 4) is 0 Å². The fourth-order valence-corrected chi connectivity index (χ4v) is 5.77. The normalized spacial score (nSPS) is 16.0. The zero-order chi connectivity index (χ0) is 18.2. The standard InChI is InChI=1S/C16H22Br4O4/c17-8-15(23,9-18)16(10-19,24-11-20)6-13-4-2-1-3-12(13)5-14(22)7-21/h1-4,14,21-23H,5-11H2. The molecular formula is C16H22Br4O4. The minimum absolute atomic E-state index is 0.280. The SMILES string of the molecule is OCC(O)Cc1ccccc1CC(CBr)(OCBr)C(O)(CBr)CBr. The summed E-state index contributed by atoms with van der Waals surface area (Å²) < 4.78 is 5.96. The molecular weight excluding hydrogens is 576 g/mol. The van der Waals surface area contributed by atoms with Crippen LogP contribution in [-0.4, -0.2) is 60.7 Å². The van der Waals surface area contributed by atoms with Crippen molar-refractivity contribution >= 4 is 63.7 Å². The van der Waals surface area contributed by atoms with E-state index in [0.29, 0.717) is 28.8 Å². The Bertz CT molecular complexity index is 499. The number of benzene rings is 1. The first kappa shape index (κ1) is 23.0. The zero-order valence-electron chi connectivity index (χ0n) is 13.1. The molecule has 0 amide bonds. The summed E-state index contributed by atoms with van der Waals surface area (Å²) in [7, 11) is 0. The van der Waals surface area contributed by atoms with E-state index < -0.39 is 17.3 Å². The predicted molar refractivity (Wildman–Crippen MR) is 111 cm³/mol. The molecule has 1 rings (SSSR count). The number of hydrogen-bond donors (Lipinski definition) is 3. The highest BCUT2D eigenvalue weighted by molar-refractivity contribution is 9.10. The molecule has 0 aliphatic heterocycles. The van der Waals surface area contributed by atoms with Crippen LogP contribution < -0.4 is 0 Å². The van der Waals surface area contributed by atoms with Crippen LogP contribution in [0, 0.1) is 0 Å². The molecule has 1 aromatic carbocycles. The van der Waals surface area contributed by atoms with Crippen LogP contribution in [0.25, 0.3) is 0 Å². The molecule has 4 nitrogen and oxygen atoms in total. The van der Waals surface area contributed by atoms with E-state index in [9.17, 15) is 10.2 Å². The van der Waals surface area contributed by atoms with E-state index in [0.717, 1.165) is 11.1 Å². The lowest BCUT2D eigenvalue weighted by atomic mass is 9.80. The smallest absolute Gasteiger partial charge is 0.114 e. The number of ether oxygens (including phenoxy) is 1. The van der Waals surface area contributed by atoms with Gasteiger partial charge in [0.15, 0.2) is 0 Å². The summed E-state index contributed by atoms with van der Waals surface area (Å²) in [5, 5.41) is 31.1. The van der Waals surface area contributed by atoms with Gasteiger partial charge in [0.2, 0.25) is 0 Å². The summed E-state index contributed by atoms with van der Waals surface area (Å²) in [5.41, 5.74) is 0.138. The van der Waals surface area contributed by atoms with Gasteiger partial charge in [0, 0.05) is 28.8 Å². The van der Waals surface area contributed by atoms with Gasteiger partial charge < -0.3 is 20.1 Å². The number of aliphatic hydroxyl groups excluding tert-OH is 2. The van der Waals surface area contributed by atoms with Crippen molar-refractivity contribution in [3.05, 3.63) is 35.4 Å². The molecule has 0 aromatic heterocycles. The van der Waals surface area contributed by atoms with Crippen LogP contribution in [0.5, 0.6) is 0 Å². The van der Waals surface area contributed by atoms with Crippen molar-refractivity contribution in [1.82, 2.24) is 0 Å². The molecule has 0 aliphatic rings. The molecule has 0 saturated carbocycles. The minimum atomic E-state index is -1.15. The Balaban J connectivity index is 3.25. The van der Waals surface area contributed by atoms with E-state index in [1.54, 1.807) is 0 Å². The highest BCUT2D eigenvalue weighted by Crippen LogP contribution is 2.36. The molecule has 0 spiro atoms. The number of rotatable bonds is 11. The summed E-state index contributed by atoms with van der Waals surface area (Å²) in [6.07, 6.45) is -0.0143. The van der Waals surface area contributed by atoms with E-state index >= 15 is 0 Å². The third kappa shape index (κ3) is 5.49. The molecule has 0 bridgehead atoms. The largest absolute Gasteiger partial charge is 0.394 e. The second-order valence-electron chi connectivity index (χ2n) is 5.67. The van der Waals surface area contributed by atoms with Crippen LogP contribution in [0.4, 0.5) is 0 Å². The summed E-state index contributed by atoms with van der Waals surface area (Å²) in [5.74, 6) is 0. The lowest BCUT2D eigenvalue weighted by Gasteiger charge is -2.44. The average molecular weight is 598 g/mol. The second-order valence-corrected chi connectivity index (χ2v) is 7.81. The summed E-state index contributed by atoms with van der Waals surface area (Å²) >= 11 is 13.6. The molecule has 0 saturated heterocycles. The quantitative estimate of drug-likeness (QED) is 0.343. The van der Waals surface area contributed by atoms with Gasteiger partial charge in [-0.1, -0.05) is 88.0 Å². The number of halogens is 4. The van der Waals surface area contributed by atoms with E-state index in [1.165, 1.54) is 0 Å². The molecule has 0 radical (unpaired) electrons. The topological polar surface area (TPSA) is 69.9 Å². The van der Waals surface area contributed by atoms with Crippen LogP contribution >= 0.6 is 63.7 Å². The van der Waals surface area contributed by atoms with Gasteiger partial charge >= 0.3 is 0 Å². The molecule has 0 aliphatic carbocycles. The van der Waals surface area contributed by atoms with E-state index in [4.69, 9.17) is 9.84 Å². The fourth-order valence-electron chi connectivity index (χ4n) is 2.50. The molecule has 2 unspecified atom stereocenters. The van der Waals surface area contributed by atoms with Crippen molar-refractivity contribution in [2.24, 2.45) is 0 Å². The van der Waals surface area contributed by atoms with Gasteiger partial charge in [0.1, 0.15) is 16.7 Å². The Hall–Kier alpha value is 0.980. The van der Waals surface area contributed by atoms with Gasteiger partial charge in [-0.2, -0.15) is 0 Å². The number of alkyl halides is 4. The molecule has 3 N–H and O–H groups in total. The summed E-state index contributed by atoms with van der Waals surface area (Å²) in [6.45, 7) is -0.289. The monoisotopic (exact) mass is 594 g/mol. The Labute approximate surface area is 176 Å². The molecule has 0 fully saturated rings. The Morgan fingerprint density at radius 3 is 2.04 bits per heavy atom. The fraction of sp³-hybridized carbons (Fsp3) is 0.625. The van der Waals surface area contributed by atoms with Crippen molar-refractivity contribution in [2.75, 3.05) is 28.1 Å². The molecule has 0 heterocycles. The van der Waals surface area contributed by atoms with Crippen LogP contribution in [-0.2, 0) is 17.6 Å². The van der Waals surface area contributed by atoms with E-state index in [-0.39, 0.29) is 12.1 Å². The van der Waals surface area contributed by atoms with Crippen LogP contribution in [0.15, 0.2) is 24.3 Å². The first-order valence-corrected chi connectivity index (χ1v) is 11.9. The molecule has 8 heteroatoms. The molecule has 2 atom stereocenters. The highest BCUT2D eigenvalue weighted by Gasteiger charge is 2.50. The van der Waals surface area contributed by atoms with Crippen molar-refractivity contribution in [1.29, 1.82) is 0 Å². The van der Waals surface area contributed by atoms with Crippen LogP contribution in [0.1, 0.15) is 11.1 Å². The van der Waals surface area contributed by atoms with E-state index in [1.807, 2.05) is 24.3 Å². The van der Waals surface area contributed by atoms with Crippen LogP contribution in [0.2, 0.25) is 0 Å². The second kappa shape index (κ2) is 11.0. The third-order valence-corrected chi connectivity index (χ3v) is 7.09.